The lowest BCUT2D eigenvalue weighted by Gasteiger charge is -2.17. The molecule has 0 bridgehead atoms. The molecule has 1 rings (SSSR count). The molecule has 1 aromatic carbocycles. The van der Waals surface area contributed by atoms with Crippen molar-refractivity contribution >= 4 is 23.6 Å². The molecule has 0 aliphatic rings. The number of carboxylic acids is 1. The van der Waals surface area contributed by atoms with E-state index in [0.29, 0.717) is 6.54 Å². The monoisotopic (exact) mass is 282 g/mol. The first-order chi connectivity index (χ1) is 9.00. The Morgan fingerprint density at radius 2 is 2.00 bits per heavy atom. The van der Waals surface area contributed by atoms with Crippen LogP contribution in [0.5, 0.6) is 0 Å². The fraction of sp³-hybridized carbons (Fsp3) is 0.385. The topological polar surface area (TPSA) is 83.6 Å². The molecule has 0 radical (unpaired) electrons. The van der Waals surface area contributed by atoms with Crippen molar-refractivity contribution in [1.29, 1.82) is 0 Å². The second kappa shape index (κ2) is 7.81. The van der Waals surface area contributed by atoms with Gasteiger partial charge in [-0.05, 0) is 5.56 Å². The van der Waals surface area contributed by atoms with Crippen LogP contribution in [0.25, 0.3) is 0 Å². The summed E-state index contributed by atoms with van der Waals surface area (Å²) in [6, 6.07) is 8.77. The Morgan fingerprint density at radius 1 is 1.37 bits per heavy atom. The van der Waals surface area contributed by atoms with Gasteiger partial charge < -0.3 is 15.7 Å². The van der Waals surface area contributed by atoms with Gasteiger partial charge in [0.05, 0.1) is 5.75 Å². The van der Waals surface area contributed by atoms with E-state index >= 15 is 0 Å². The van der Waals surface area contributed by atoms with Crippen molar-refractivity contribution in [2.75, 3.05) is 18.6 Å². The molecule has 0 fully saturated rings. The molecule has 104 valence electrons. The molecule has 0 saturated carbocycles. The average Bonchev–Trinajstić information content (AvgIpc) is 2.39. The van der Waals surface area contributed by atoms with E-state index in [2.05, 4.69) is 0 Å². The summed E-state index contributed by atoms with van der Waals surface area (Å²) >= 11 is 1.24. The SMILES string of the molecule is CN(Cc1ccccc1)C(=O)CSCC(N)C(=O)O. The Hall–Kier alpha value is -1.53. The van der Waals surface area contributed by atoms with Crippen LogP contribution in [0.4, 0.5) is 0 Å². The van der Waals surface area contributed by atoms with Crippen molar-refractivity contribution in [1.82, 2.24) is 4.90 Å². The molecule has 0 spiro atoms. The van der Waals surface area contributed by atoms with Crippen LogP contribution in [-0.4, -0.2) is 46.5 Å². The highest BCUT2D eigenvalue weighted by atomic mass is 32.2. The third-order valence-corrected chi connectivity index (χ3v) is 3.57. The number of hydrogen-bond donors (Lipinski definition) is 2. The molecule has 0 saturated heterocycles. The molecule has 0 heterocycles. The maximum Gasteiger partial charge on any atom is 0.321 e. The minimum Gasteiger partial charge on any atom is -0.480 e. The predicted molar refractivity (Wildman–Crippen MR) is 75.9 cm³/mol. The van der Waals surface area contributed by atoms with Gasteiger partial charge in [0.25, 0.3) is 0 Å². The summed E-state index contributed by atoms with van der Waals surface area (Å²) in [7, 11) is 1.73. The molecule has 1 aromatic rings. The van der Waals surface area contributed by atoms with Crippen LogP contribution in [-0.2, 0) is 16.1 Å². The molecule has 3 N–H and O–H groups in total. The highest BCUT2D eigenvalue weighted by Gasteiger charge is 2.14. The van der Waals surface area contributed by atoms with E-state index in [1.807, 2.05) is 30.3 Å². The first-order valence-electron chi connectivity index (χ1n) is 5.84. The van der Waals surface area contributed by atoms with Crippen LogP contribution in [0.1, 0.15) is 5.56 Å². The first kappa shape index (κ1) is 15.5. The van der Waals surface area contributed by atoms with Crippen molar-refractivity contribution in [2.45, 2.75) is 12.6 Å². The fourth-order valence-corrected chi connectivity index (χ4v) is 2.31. The van der Waals surface area contributed by atoms with Gasteiger partial charge in [-0.25, -0.2) is 0 Å². The molecule has 0 aromatic heterocycles. The van der Waals surface area contributed by atoms with Gasteiger partial charge in [0, 0.05) is 19.3 Å². The van der Waals surface area contributed by atoms with Crippen LogP contribution in [0.2, 0.25) is 0 Å². The number of aliphatic carboxylic acids is 1. The van der Waals surface area contributed by atoms with Gasteiger partial charge >= 0.3 is 5.97 Å². The molecule has 5 nitrogen and oxygen atoms in total. The molecule has 1 atom stereocenters. The Kier molecular flexibility index (Phi) is 6.38. The Morgan fingerprint density at radius 3 is 2.58 bits per heavy atom. The van der Waals surface area contributed by atoms with Crippen LogP contribution < -0.4 is 5.73 Å². The average molecular weight is 282 g/mol. The van der Waals surface area contributed by atoms with Crippen LogP contribution in [0.15, 0.2) is 30.3 Å². The zero-order chi connectivity index (χ0) is 14.3. The van der Waals surface area contributed by atoms with Crippen LogP contribution in [0.3, 0.4) is 0 Å². The molecule has 0 aliphatic carbocycles. The van der Waals surface area contributed by atoms with Crippen LogP contribution in [0, 0.1) is 0 Å². The van der Waals surface area contributed by atoms with E-state index in [-0.39, 0.29) is 17.4 Å². The molecule has 1 amide bonds. The van der Waals surface area contributed by atoms with E-state index in [1.54, 1.807) is 11.9 Å². The number of carbonyl (C=O) groups excluding carboxylic acids is 1. The zero-order valence-corrected chi connectivity index (χ0v) is 11.6. The van der Waals surface area contributed by atoms with Crippen LogP contribution >= 0.6 is 11.8 Å². The number of hydrogen-bond acceptors (Lipinski definition) is 4. The van der Waals surface area contributed by atoms with Gasteiger partial charge in [0.1, 0.15) is 6.04 Å². The Bertz CT molecular complexity index is 425. The number of amides is 1. The van der Waals surface area contributed by atoms with Crippen molar-refractivity contribution < 1.29 is 14.7 Å². The number of thioether (sulfide) groups is 1. The summed E-state index contributed by atoms with van der Waals surface area (Å²) in [5.41, 5.74) is 6.42. The van der Waals surface area contributed by atoms with E-state index < -0.39 is 12.0 Å². The van der Waals surface area contributed by atoms with Crippen molar-refractivity contribution in [3.8, 4) is 0 Å². The van der Waals surface area contributed by atoms with Gasteiger partial charge in [-0.15, -0.1) is 11.8 Å². The van der Waals surface area contributed by atoms with E-state index in [9.17, 15) is 9.59 Å². The van der Waals surface area contributed by atoms with Gasteiger partial charge in [-0.2, -0.15) is 0 Å². The number of benzene rings is 1. The highest BCUT2D eigenvalue weighted by Crippen LogP contribution is 2.07. The largest absolute Gasteiger partial charge is 0.480 e. The number of nitrogens with zero attached hydrogens (tertiary/aromatic N) is 1. The van der Waals surface area contributed by atoms with Gasteiger partial charge in [-0.1, -0.05) is 30.3 Å². The minimum atomic E-state index is -1.04. The third-order valence-electron chi connectivity index (χ3n) is 2.53. The summed E-state index contributed by atoms with van der Waals surface area (Å²) in [5.74, 6) is -0.603. The number of carboxylic acid groups (broad SMARTS) is 1. The lowest BCUT2D eigenvalue weighted by Crippen LogP contribution is -2.34. The molecular weight excluding hydrogens is 264 g/mol. The zero-order valence-electron chi connectivity index (χ0n) is 10.8. The smallest absolute Gasteiger partial charge is 0.321 e. The Labute approximate surface area is 116 Å². The fourth-order valence-electron chi connectivity index (χ4n) is 1.40. The summed E-state index contributed by atoms with van der Waals surface area (Å²) < 4.78 is 0. The number of carbonyl (C=O) groups is 2. The molecule has 6 heteroatoms. The maximum atomic E-state index is 11.8. The molecule has 19 heavy (non-hydrogen) atoms. The molecule has 0 aliphatic heterocycles. The van der Waals surface area contributed by atoms with E-state index in [0.717, 1.165) is 5.56 Å². The number of nitrogens with two attached hydrogens (primary N) is 1. The van der Waals surface area contributed by atoms with Crippen molar-refractivity contribution in [3.63, 3.8) is 0 Å². The minimum absolute atomic E-state index is 0.0357. The lowest BCUT2D eigenvalue weighted by molar-refractivity contribution is -0.138. The second-order valence-electron chi connectivity index (χ2n) is 4.20. The third kappa shape index (κ3) is 5.76. The second-order valence-corrected chi connectivity index (χ2v) is 5.23. The van der Waals surface area contributed by atoms with Crippen molar-refractivity contribution in [3.05, 3.63) is 35.9 Å². The quantitative estimate of drug-likeness (QED) is 0.772. The van der Waals surface area contributed by atoms with Crippen molar-refractivity contribution in [2.24, 2.45) is 5.73 Å². The summed E-state index contributed by atoms with van der Waals surface area (Å²) in [4.78, 5) is 24.0. The molecular formula is C13H18N2O3S. The lowest BCUT2D eigenvalue weighted by atomic mass is 10.2. The normalized spacial score (nSPS) is 11.9. The van der Waals surface area contributed by atoms with E-state index in [4.69, 9.17) is 10.8 Å². The van der Waals surface area contributed by atoms with Gasteiger partial charge in [0.2, 0.25) is 5.91 Å². The first-order valence-corrected chi connectivity index (χ1v) is 7.00. The summed E-state index contributed by atoms with van der Waals surface area (Å²) in [6.07, 6.45) is 0. The standard InChI is InChI=1S/C13H18N2O3S/c1-15(7-10-5-3-2-4-6-10)12(16)9-19-8-11(14)13(17)18/h2-6,11H,7-9,14H2,1H3,(H,17,18). The van der Waals surface area contributed by atoms with Gasteiger partial charge in [0.15, 0.2) is 0 Å². The highest BCUT2D eigenvalue weighted by molar-refractivity contribution is 8.00. The number of rotatable bonds is 7. The summed E-state index contributed by atoms with van der Waals surface area (Å²) in [6.45, 7) is 0.547. The maximum absolute atomic E-state index is 11.8. The Balaban J connectivity index is 2.31. The predicted octanol–water partition coefficient (Wildman–Crippen LogP) is 0.790. The van der Waals surface area contributed by atoms with Gasteiger partial charge in [-0.3, -0.25) is 9.59 Å². The van der Waals surface area contributed by atoms with E-state index in [1.165, 1.54) is 11.8 Å². The summed E-state index contributed by atoms with van der Waals surface area (Å²) in [5, 5.41) is 8.62. The molecule has 1 unspecified atom stereocenters.